The smallest absolute Gasteiger partial charge is 0.282 e. The number of rotatable bonds is 8. The number of halogens is 2. The van der Waals surface area contributed by atoms with Crippen LogP contribution in [0, 0.1) is 5.92 Å². The molecule has 0 aromatic carbocycles. The number of ether oxygens (including phenoxy) is 1. The molecule has 0 radical (unpaired) electrons. The molecule has 2 amide bonds. The summed E-state index contributed by atoms with van der Waals surface area (Å²) in [5.41, 5.74) is 4.45. The number of nitrogens with two attached hydrogens (primary N) is 1. The number of aromatic nitrogens is 1. The Bertz CT molecular complexity index is 941. The van der Waals surface area contributed by atoms with Crippen LogP contribution in [0.25, 0.3) is 0 Å². The van der Waals surface area contributed by atoms with Crippen LogP contribution in [0.15, 0.2) is 17.1 Å². The summed E-state index contributed by atoms with van der Waals surface area (Å²) in [5.74, 6) is -3.91. The van der Waals surface area contributed by atoms with Crippen molar-refractivity contribution in [2.24, 2.45) is 16.6 Å². The van der Waals surface area contributed by atoms with E-state index in [9.17, 15) is 23.2 Å². The van der Waals surface area contributed by atoms with Crippen molar-refractivity contribution in [3.05, 3.63) is 17.8 Å². The van der Waals surface area contributed by atoms with Gasteiger partial charge in [-0.15, -0.1) is 0 Å². The minimum atomic E-state index is -2.76. The topological polar surface area (TPSA) is 127 Å². The third kappa shape index (κ3) is 4.97. The number of anilines is 1. The fraction of sp³-hybridized carbons (Fsp3) is 0.550. The zero-order valence-electron chi connectivity index (χ0n) is 16.8. The zero-order valence-corrected chi connectivity index (χ0v) is 16.8. The van der Waals surface area contributed by atoms with Crippen molar-refractivity contribution in [1.29, 1.82) is 0 Å². The van der Waals surface area contributed by atoms with Crippen molar-refractivity contribution in [1.82, 2.24) is 10.3 Å². The Kier molecular flexibility index (Phi) is 5.36. The Labute approximate surface area is 177 Å². The van der Waals surface area contributed by atoms with Crippen LogP contribution in [0.5, 0.6) is 5.88 Å². The number of primary amides is 1. The van der Waals surface area contributed by atoms with Gasteiger partial charge in [0.05, 0.1) is 44.4 Å². The summed E-state index contributed by atoms with van der Waals surface area (Å²) in [6.07, 6.45) is 2.85. The summed E-state index contributed by atoms with van der Waals surface area (Å²) in [7, 11) is 0. The molecule has 4 rings (SSSR count). The molecule has 1 unspecified atom stereocenters. The van der Waals surface area contributed by atoms with Crippen molar-refractivity contribution >= 4 is 29.5 Å². The number of carbonyl (C=O) groups excluding carboxylic acids is 3. The van der Waals surface area contributed by atoms with Crippen LogP contribution < -0.4 is 20.7 Å². The predicted molar refractivity (Wildman–Crippen MR) is 107 cm³/mol. The molecule has 31 heavy (non-hydrogen) atoms. The third-order valence-electron chi connectivity index (χ3n) is 5.44. The highest BCUT2D eigenvalue weighted by atomic mass is 19.3. The molecule has 1 atom stereocenters. The molecule has 1 saturated carbocycles. The molecule has 0 spiro atoms. The van der Waals surface area contributed by atoms with Gasteiger partial charge in [0.1, 0.15) is 11.4 Å². The first kappa shape index (κ1) is 21.1. The summed E-state index contributed by atoms with van der Waals surface area (Å²) < 4.78 is 32.4. The molecule has 1 aromatic rings. The maximum Gasteiger partial charge on any atom is 0.282 e. The molecule has 9 nitrogen and oxygen atoms in total. The molecular weight excluding hydrogens is 412 g/mol. The molecule has 3 N–H and O–H groups in total. The van der Waals surface area contributed by atoms with E-state index < -0.39 is 36.4 Å². The Morgan fingerprint density at radius 1 is 1.29 bits per heavy atom. The van der Waals surface area contributed by atoms with Gasteiger partial charge in [0.2, 0.25) is 11.8 Å². The van der Waals surface area contributed by atoms with Gasteiger partial charge in [0.15, 0.2) is 5.78 Å². The molecule has 1 aliphatic carbocycles. The molecule has 2 fully saturated rings. The molecule has 166 valence electrons. The van der Waals surface area contributed by atoms with Gasteiger partial charge >= 0.3 is 0 Å². The minimum Gasteiger partial charge on any atom is -0.476 e. The molecule has 1 saturated heterocycles. The number of aliphatic imine (C=N–C) groups is 1. The normalized spacial score (nSPS) is 24.5. The van der Waals surface area contributed by atoms with Crippen LogP contribution in [0.4, 0.5) is 14.5 Å². The fourth-order valence-electron chi connectivity index (χ4n) is 3.71. The Balaban J connectivity index is 1.55. The Morgan fingerprint density at radius 3 is 2.65 bits per heavy atom. The summed E-state index contributed by atoms with van der Waals surface area (Å²) >= 11 is 0. The second-order valence-corrected chi connectivity index (χ2v) is 8.48. The van der Waals surface area contributed by atoms with Gasteiger partial charge in [-0.3, -0.25) is 19.4 Å². The van der Waals surface area contributed by atoms with Crippen molar-refractivity contribution in [3.8, 4) is 5.88 Å². The van der Waals surface area contributed by atoms with Crippen LogP contribution >= 0.6 is 0 Å². The maximum absolute atomic E-state index is 13.3. The van der Waals surface area contributed by atoms with Crippen molar-refractivity contribution < 1.29 is 27.9 Å². The SMILES string of the molecule is NC(=O)CC1(NC(=O)c2ccc(N3CC(F)(F)C3)c(OCC3CC3)n2)CN=CC(=O)C1. The average molecular weight is 435 g/mol. The number of hydrogen-bond acceptors (Lipinski definition) is 7. The summed E-state index contributed by atoms with van der Waals surface area (Å²) in [6.45, 7) is -0.465. The number of nitrogens with zero attached hydrogens (tertiary/aromatic N) is 3. The molecule has 3 heterocycles. The monoisotopic (exact) mass is 435 g/mol. The minimum absolute atomic E-state index is 0.0207. The van der Waals surface area contributed by atoms with Gasteiger partial charge in [0.25, 0.3) is 11.8 Å². The van der Waals surface area contributed by atoms with E-state index >= 15 is 0 Å². The van der Waals surface area contributed by atoms with Crippen LogP contribution in [0.3, 0.4) is 0 Å². The molecule has 3 aliphatic rings. The fourth-order valence-corrected chi connectivity index (χ4v) is 3.71. The number of pyridine rings is 1. The van der Waals surface area contributed by atoms with Gasteiger partial charge in [-0.25, -0.2) is 13.8 Å². The van der Waals surface area contributed by atoms with Gasteiger partial charge in [-0.05, 0) is 30.9 Å². The Hall–Kier alpha value is -3.11. The van der Waals surface area contributed by atoms with Crippen molar-refractivity contribution in [2.75, 3.05) is 31.1 Å². The van der Waals surface area contributed by atoms with E-state index in [1.54, 1.807) is 0 Å². The number of nitrogens with one attached hydrogen (secondary N) is 1. The molecule has 1 aromatic heterocycles. The lowest BCUT2D eigenvalue weighted by Crippen LogP contribution is -2.56. The first-order chi connectivity index (χ1) is 14.6. The van der Waals surface area contributed by atoms with Crippen LogP contribution in [0.2, 0.25) is 0 Å². The lowest BCUT2D eigenvalue weighted by molar-refractivity contribution is -0.120. The molecule has 0 bridgehead atoms. The van der Waals surface area contributed by atoms with E-state index in [0.29, 0.717) is 18.2 Å². The zero-order chi connectivity index (χ0) is 22.2. The largest absolute Gasteiger partial charge is 0.476 e. The highest BCUT2D eigenvalue weighted by Gasteiger charge is 2.45. The van der Waals surface area contributed by atoms with Gasteiger partial charge < -0.3 is 20.7 Å². The highest BCUT2D eigenvalue weighted by molar-refractivity contribution is 6.28. The highest BCUT2D eigenvalue weighted by Crippen LogP contribution is 2.38. The second kappa shape index (κ2) is 7.86. The van der Waals surface area contributed by atoms with E-state index in [4.69, 9.17) is 10.5 Å². The quantitative estimate of drug-likeness (QED) is 0.619. The lowest BCUT2D eigenvalue weighted by atomic mass is 9.87. The van der Waals surface area contributed by atoms with Gasteiger partial charge in [-0.1, -0.05) is 0 Å². The van der Waals surface area contributed by atoms with Crippen LogP contribution in [-0.2, 0) is 9.59 Å². The second-order valence-electron chi connectivity index (χ2n) is 8.48. The first-order valence-electron chi connectivity index (χ1n) is 10.0. The third-order valence-corrected chi connectivity index (χ3v) is 5.44. The number of alkyl halides is 2. The standard InChI is InChI=1S/C20H23F2N5O4/c21-20(22)10-27(11-20)15-4-3-14(25-18(15)31-8-12-1-2-12)17(30)26-19(6-16(23)29)5-13(28)7-24-9-19/h3-4,7,12H,1-2,5-6,8-11H2,(H2,23,29)(H,26,30). The number of ketones is 1. The first-order valence-corrected chi connectivity index (χ1v) is 10.0. The van der Waals surface area contributed by atoms with E-state index in [0.717, 1.165) is 19.1 Å². The predicted octanol–water partition coefficient (Wildman–Crippen LogP) is 0.713. The summed E-state index contributed by atoms with van der Waals surface area (Å²) in [4.78, 5) is 45.9. The van der Waals surface area contributed by atoms with Crippen molar-refractivity contribution in [3.63, 3.8) is 0 Å². The van der Waals surface area contributed by atoms with Gasteiger partial charge in [0, 0.05) is 6.42 Å². The Morgan fingerprint density at radius 2 is 2.03 bits per heavy atom. The maximum atomic E-state index is 13.3. The summed E-state index contributed by atoms with van der Waals surface area (Å²) in [5, 5.41) is 2.68. The summed E-state index contributed by atoms with van der Waals surface area (Å²) in [6, 6.07) is 2.92. The van der Waals surface area contributed by atoms with Crippen LogP contribution in [-0.4, -0.2) is 66.5 Å². The van der Waals surface area contributed by atoms with E-state index in [-0.39, 0.29) is 36.7 Å². The van der Waals surface area contributed by atoms with Gasteiger partial charge in [-0.2, -0.15) is 0 Å². The number of amides is 2. The van der Waals surface area contributed by atoms with E-state index in [1.807, 2.05) is 0 Å². The molecular formula is C20H23F2N5O4. The number of Topliss-reactive ketones (excluding diaryl/α,β-unsaturated/α-hetero) is 1. The van der Waals surface area contributed by atoms with E-state index in [1.165, 1.54) is 17.0 Å². The van der Waals surface area contributed by atoms with Crippen molar-refractivity contribution in [2.45, 2.75) is 37.1 Å². The number of hydrogen-bond donors (Lipinski definition) is 2. The molecule has 2 aliphatic heterocycles. The van der Waals surface area contributed by atoms with Crippen LogP contribution in [0.1, 0.15) is 36.2 Å². The molecule has 11 heteroatoms. The average Bonchev–Trinajstić information content (AvgIpc) is 3.47. The van der Waals surface area contributed by atoms with E-state index in [2.05, 4.69) is 15.3 Å². The number of carbonyl (C=O) groups is 3. The lowest BCUT2D eigenvalue weighted by Gasteiger charge is -2.40.